The van der Waals surface area contributed by atoms with Crippen molar-refractivity contribution in [2.24, 2.45) is 17.8 Å². The average Bonchev–Trinajstić information content (AvgIpc) is 2.35. The molecule has 0 N–H and O–H groups in total. The van der Waals surface area contributed by atoms with Gasteiger partial charge in [0.05, 0.1) is 0 Å². The number of rotatable bonds is 12. The van der Waals surface area contributed by atoms with Gasteiger partial charge in [-0.3, -0.25) is 0 Å². The van der Waals surface area contributed by atoms with Crippen molar-refractivity contribution in [3.8, 4) is 0 Å². The molecule has 0 aromatic heterocycles. The van der Waals surface area contributed by atoms with E-state index in [4.69, 9.17) is 0 Å². The second-order valence-electron chi connectivity index (χ2n) is 6.55. The third-order valence-corrected chi connectivity index (χ3v) is 4.61. The standard InChI is InChI=1S/C18H37/c1-6-7-8-9-10-11-12-13-14-15-17(4)18(5)16(2)3/h16-18H,1,6-15H2,2-5H3. The molecule has 0 aromatic rings. The van der Waals surface area contributed by atoms with Crippen LogP contribution < -0.4 is 0 Å². The normalized spacial score (nSPS) is 15.0. The molecular formula is C18H37. The first kappa shape index (κ1) is 18.0. The van der Waals surface area contributed by atoms with Crippen molar-refractivity contribution >= 4 is 0 Å². The van der Waals surface area contributed by atoms with Gasteiger partial charge in [-0.05, 0) is 17.8 Å². The molecule has 0 heterocycles. The Labute approximate surface area is 117 Å². The summed E-state index contributed by atoms with van der Waals surface area (Å²) in [6.07, 6.45) is 13.9. The first-order chi connectivity index (χ1) is 8.59. The van der Waals surface area contributed by atoms with E-state index in [1.165, 1.54) is 57.8 Å². The van der Waals surface area contributed by atoms with Crippen LogP contribution in [0.4, 0.5) is 0 Å². The van der Waals surface area contributed by atoms with Gasteiger partial charge >= 0.3 is 0 Å². The Bertz CT molecular complexity index is 159. The van der Waals surface area contributed by atoms with Crippen molar-refractivity contribution in [3.05, 3.63) is 6.92 Å². The molecule has 0 aliphatic carbocycles. The van der Waals surface area contributed by atoms with Crippen molar-refractivity contribution in [3.63, 3.8) is 0 Å². The van der Waals surface area contributed by atoms with Gasteiger partial charge in [0.1, 0.15) is 0 Å². The minimum atomic E-state index is 0.841. The summed E-state index contributed by atoms with van der Waals surface area (Å²) >= 11 is 0. The van der Waals surface area contributed by atoms with Crippen LogP contribution in [-0.4, -0.2) is 0 Å². The van der Waals surface area contributed by atoms with Gasteiger partial charge in [0.2, 0.25) is 0 Å². The molecule has 18 heavy (non-hydrogen) atoms. The van der Waals surface area contributed by atoms with Crippen molar-refractivity contribution in [1.82, 2.24) is 0 Å². The molecule has 0 bridgehead atoms. The first-order valence-electron chi connectivity index (χ1n) is 8.38. The summed E-state index contributed by atoms with van der Waals surface area (Å²) in [5.74, 6) is 2.63. The second-order valence-corrected chi connectivity index (χ2v) is 6.55. The Morgan fingerprint density at radius 3 is 1.56 bits per heavy atom. The number of hydrogen-bond acceptors (Lipinski definition) is 0. The topological polar surface area (TPSA) is 0 Å². The quantitative estimate of drug-likeness (QED) is 0.342. The summed E-state index contributed by atoms with van der Waals surface area (Å²) in [5, 5.41) is 0. The zero-order valence-electron chi connectivity index (χ0n) is 13.5. The fourth-order valence-electron chi connectivity index (χ4n) is 2.62. The van der Waals surface area contributed by atoms with Crippen LogP contribution >= 0.6 is 0 Å². The summed E-state index contributed by atoms with van der Waals surface area (Å²) in [6, 6.07) is 0. The maximum Gasteiger partial charge on any atom is -0.0394 e. The smallest absolute Gasteiger partial charge is 0.0394 e. The molecule has 2 atom stereocenters. The van der Waals surface area contributed by atoms with E-state index in [1.807, 2.05) is 0 Å². The molecule has 2 unspecified atom stereocenters. The van der Waals surface area contributed by atoms with E-state index in [9.17, 15) is 0 Å². The molecule has 0 aliphatic heterocycles. The van der Waals surface area contributed by atoms with Crippen molar-refractivity contribution < 1.29 is 0 Å². The highest BCUT2D eigenvalue weighted by molar-refractivity contribution is 4.65. The molecule has 109 valence electrons. The zero-order valence-corrected chi connectivity index (χ0v) is 13.5. The highest BCUT2D eigenvalue weighted by atomic mass is 14.2. The Hall–Kier alpha value is 0. The van der Waals surface area contributed by atoms with Gasteiger partial charge in [0.25, 0.3) is 0 Å². The van der Waals surface area contributed by atoms with Crippen LogP contribution in [0, 0.1) is 24.7 Å². The molecule has 0 spiro atoms. The minimum absolute atomic E-state index is 0.841. The van der Waals surface area contributed by atoms with Crippen LogP contribution in [0.3, 0.4) is 0 Å². The summed E-state index contributed by atoms with van der Waals surface area (Å²) in [5.41, 5.74) is 0. The second kappa shape index (κ2) is 12.1. The highest BCUT2D eigenvalue weighted by Crippen LogP contribution is 2.25. The third-order valence-electron chi connectivity index (χ3n) is 4.61. The van der Waals surface area contributed by atoms with E-state index in [1.54, 1.807) is 0 Å². The molecule has 0 saturated heterocycles. The molecule has 0 rings (SSSR count). The summed E-state index contributed by atoms with van der Waals surface area (Å²) in [6.45, 7) is 13.4. The molecule has 0 heteroatoms. The highest BCUT2D eigenvalue weighted by Gasteiger charge is 2.14. The summed E-state index contributed by atoms with van der Waals surface area (Å²) < 4.78 is 0. The van der Waals surface area contributed by atoms with Gasteiger partial charge in [0.15, 0.2) is 0 Å². The van der Waals surface area contributed by atoms with Crippen molar-refractivity contribution in [2.75, 3.05) is 0 Å². The lowest BCUT2D eigenvalue weighted by Gasteiger charge is -2.23. The monoisotopic (exact) mass is 253 g/mol. The van der Waals surface area contributed by atoms with Gasteiger partial charge < -0.3 is 0 Å². The van der Waals surface area contributed by atoms with Gasteiger partial charge in [0, 0.05) is 0 Å². The van der Waals surface area contributed by atoms with E-state index in [0.717, 1.165) is 24.2 Å². The molecule has 0 amide bonds. The molecule has 0 fully saturated rings. The maximum atomic E-state index is 3.89. The van der Waals surface area contributed by atoms with E-state index in [2.05, 4.69) is 34.6 Å². The predicted octanol–water partition coefficient (Wildman–Crippen LogP) is 6.65. The largest absolute Gasteiger partial charge is 0.0625 e. The van der Waals surface area contributed by atoms with Crippen LogP contribution in [-0.2, 0) is 0 Å². The van der Waals surface area contributed by atoms with Gasteiger partial charge in [-0.1, -0.05) is 98.8 Å². The summed E-state index contributed by atoms with van der Waals surface area (Å²) in [7, 11) is 0. The predicted molar refractivity (Wildman–Crippen MR) is 84.7 cm³/mol. The molecule has 0 aliphatic rings. The maximum absolute atomic E-state index is 3.89. The minimum Gasteiger partial charge on any atom is -0.0625 e. The Balaban J connectivity index is 3.25. The number of unbranched alkanes of at least 4 members (excludes halogenated alkanes) is 8. The molecule has 1 radical (unpaired) electrons. The first-order valence-corrected chi connectivity index (χ1v) is 8.38. The van der Waals surface area contributed by atoms with Gasteiger partial charge in [-0.25, -0.2) is 0 Å². The lowest BCUT2D eigenvalue weighted by Crippen LogP contribution is -2.14. The lowest BCUT2D eigenvalue weighted by atomic mass is 9.83. The van der Waals surface area contributed by atoms with E-state index in [0.29, 0.717) is 0 Å². The van der Waals surface area contributed by atoms with Gasteiger partial charge in [-0.15, -0.1) is 0 Å². The Morgan fingerprint density at radius 1 is 0.667 bits per heavy atom. The third kappa shape index (κ3) is 9.97. The SMILES string of the molecule is [CH2]CCCCCCCCCCC(C)C(C)C(C)C. The zero-order chi connectivity index (χ0) is 13.8. The molecular weight excluding hydrogens is 216 g/mol. The molecule has 0 aromatic carbocycles. The lowest BCUT2D eigenvalue weighted by molar-refractivity contribution is 0.275. The molecule has 0 saturated carbocycles. The van der Waals surface area contributed by atoms with Crippen molar-refractivity contribution in [2.45, 2.75) is 91.9 Å². The van der Waals surface area contributed by atoms with Crippen LogP contribution in [0.25, 0.3) is 0 Å². The Kier molecular flexibility index (Phi) is 12.1. The van der Waals surface area contributed by atoms with Crippen LogP contribution in [0.15, 0.2) is 0 Å². The van der Waals surface area contributed by atoms with E-state index in [-0.39, 0.29) is 0 Å². The Morgan fingerprint density at radius 2 is 1.11 bits per heavy atom. The molecule has 0 nitrogen and oxygen atoms in total. The van der Waals surface area contributed by atoms with Crippen LogP contribution in [0.1, 0.15) is 91.9 Å². The average molecular weight is 253 g/mol. The van der Waals surface area contributed by atoms with Crippen molar-refractivity contribution in [1.29, 1.82) is 0 Å². The fourth-order valence-corrected chi connectivity index (χ4v) is 2.62. The van der Waals surface area contributed by atoms with Gasteiger partial charge in [-0.2, -0.15) is 0 Å². The van der Waals surface area contributed by atoms with E-state index >= 15 is 0 Å². The van der Waals surface area contributed by atoms with Crippen LogP contribution in [0.2, 0.25) is 0 Å². The fraction of sp³-hybridized carbons (Fsp3) is 0.944. The summed E-state index contributed by atoms with van der Waals surface area (Å²) in [4.78, 5) is 0. The van der Waals surface area contributed by atoms with Crippen LogP contribution in [0.5, 0.6) is 0 Å². The number of hydrogen-bond donors (Lipinski definition) is 0. The van der Waals surface area contributed by atoms with E-state index < -0.39 is 0 Å².